The molecule has 0 aliphatic carbocycles. The van der Waals surface area contributed by atoms with E-state index in [1.807, 2.05) is 6.92 Å². The average molecular weight is 263 g/mol. The van der Waals surface area contributed by atoms with Crippen LogP contribution >= 0.6 is 0 Å². The first kappa shape index (κ1) is 13.5. The molecule has 0 aliphatic rings. The zero-order chi connectivity index (χ0) is 13.7. The quantitative estimate of drug-likeness (QED) is 0.884. The molecule has 1 N–H and O–H groups in total. The molecule has 0 unspecified atom stereocenters. The number of hydrogen-bond donors (Lipinski definition) is 1. The van der Waals surface area contributed by atoms with E-state index in [0.717, 1.165) is 12.1 Å². The molecule has 0 heterocycles. The van der Waals surface area contributed by atoms with Crippen molar-refractivity contribution in [3.63, 3.8) is 0 Å². The lowest BCUT2D eigenvalue weighted by Gasteiger charge is -2.08. The van der Waals surface area contributed by atoms with Crippen molar-refractivity contribution in [1.29, 1.82) is 0 Å². The topological polar surface area (TPSA) is 21.3 Å². The molecule has 0 radical (unpaired) electrons. The second-order valence-corrected chi connectivity index (χ2v) is 4.13. The largest absolute Gasteiger partial charge is 0.457 e. The van der Waals surface area contributed by atoms with E-state index in [1.165, 1.54) is 36.4 Å². The summed E-state index contributed by atoms with van der Waals surface area (Å²) in [6.07, 6.45) is 0. The molecule has 2 rings (SSSR count). The van der Waals surface area contributed by atoms with Crippen LogP contribution in [0.4, 0.5) is 8.78 Å². The Balaban J connectivity index is 2.15. The molecular weight excluding hydrogens is 248 g/mol. The summed E-state index contributed by atoms with van der Waals surface area (Å²) >= 11 is 0. The lowest BCUT2D eigenvalue weighted by atomic mass is 10.2. The maximum absolute atomic E-state index is 13.5. The van der Waals surface area contributed by atoms with Crippen molar-refractivity contribution < 1.29 is 13.5 Å². The standard InChI is InChI=1S/C15H15F2NO/c1-2-18-10-11-7-13(17)9-15(8-11)19-14-5-3-12(16)4-6-14/h3-9,18H,2,10H2,1H3. The summed E-state index contributed by atoms with van der Waals surface area (Å²) in [6.45, 7) is 3.37. The Morgan fingerprint density at radius 3 is 2.37 bits per heavy atom. The van der Waals surface area contributed by atoms with Gasteiger partial charge in [-0.1, -0.05) is 6.92 Å². The van der Waals surface area contributed by atoms with E-state index >= 15 is 0 Å². The van der Waals surface area contributed by atoms with Crippen LogP contribution in [0.1, 0.15) is 12.5 Å². The van der Waals surface area contributed by atoms with Gasteiger partial charge in [0.25, 0.3) is 0 Å². The van der Waals surface area contributed by atoms with Gasteiger partial charge in [-0.3, -0.25) is 0 Å². The lowest BCUT2D eigenvalue weighted by Crippen LogP contribution is -2.11. The predicted molar refractivity (Wildman–Crippen MR) is 70.3 cm³/mol. The van der Waals surface area contributed by atoms with Crippen LogP contribution in [0.15, 0.2) is 42.5 Å². The van der Waals surface area contributed by atoms with Gasteiger partial charge in [0.15, 0.2) is 0 Å². The second kappa shape index (κ2) is 6.29. The van der Waals surface area contributed by atoms with Gasteiger partial charge >= 0.3 is 0 Å². The summed E-state index contributed by atoms with van der Waals surface area (Å²) in [7, 11) is 0. The molecule has 19 heavy (non-hydrogen) atoms. The van der Waals surface area contributed by atoms with Crippen LogP contribution < -0.4 is 10.1 Å². The van der Waals surface area contributed by atoms with Gasteiger partial charge in [0.2, 0.25) is 0 Å². The molecule has 2 aromatic carbocycles. The summed E-state index contributed by atoms with van der Waals surface area (Å²) in [4.78, 5) is 0. The third kappa shape index (κ3) is 4.03. The van der Waals surface area contributed by atoms with Crippen LogP contribution in [0.2, 0.25) is 0 Å². The van der Waals surface area contributed by atoms with Gasteiger partial charge in [0.1, 0.15) is 23.1 Å². The van der Waals surface area contributed by atoms with Crippen LogP contribution in [-0.2, 0) is 6.54 Å². The highest BCUT2D eigenvalue weighted by Crippen LogP contribution is 2.23. The first-order chi connectivity index (χ1) is 9.17. The van der Waals surface area contributed by atoms with Crippen LogP contribution in [0, 0.1) is 11.6 Å². The normalized spacial score (nSPS) is 10.5. The minimum absolute atomic E-state index is 0.334. The maximum Gasteiger partial charge on any atom is 0.130 e. The number of rotatable bonds is 5. The molecule has 0 aliphatic heterocycles. The van der Waals surface area contributed by atoms with E-state index in [-0.39, 0.29) is 11.6 Å². The minimum atomic E-state index is -0.354. The SMILES string of the molecule is CCNCc1cc(F)cc(Oc2ccc(F)cc2)c1. The van der Waals surface area contributed by atoms with Gasteiger partial charge in [0.05, 0.1) is 0 Å². The van der Waals surface area contributed by atoms with Gasteiger partial charge in [-0.05, 0) is 48.5 Å². The molecule has 0 fully saturated rings. The first-order valence-electron chi connectivity index (χ1n) is 6.11. The fourth-order valence-corrected chi connectivity index (χ4v) is 1.69. The molecule has 2 aromatic rings. The van der Waals surface area contributed by atoms with Crippen LogP contribution in [0.5, 0.6) is 11.5 Å². The third-order valence-electron chi connectivity index (χ3n) is 2.56. The van der Waals surface area contributed by atoms with E-state index in [4.69, 9.17) is 4.74 Å². The highest BCUT2D eigenvalue weighted by Gasteiger charge is 2.03. The molecule has 4 heteroatoms. The molecule has 0 atom stereocenters. The molecule has 0 saturated heterocycles. The molecule has 100 valence electrons. The summed E-state index contributed by atoms with van der Waals surface area (Å²) in [5.74, 6) is 0.188. The maximum atomic E-state index is 13.5. The zero-order valence-electron chi connectivity index (χ0n) is 10.6. The average Bonchev–Trinajstić information content (AvgIpc) is 2.38. The molecule has 0 spiro atoms. The molecular formula is C15H15F2NO. The number of halogens is 2. The Bertz CT molecular complexity index is 540. The fourth-order valence-electron chi connectivity index (χ4n) is 1.69. The van der Waals surface area contributed by atoms with Crippen LogP contribution in [0.3, 0.4) is 0 Å². The summed E-state index contributed by atoms with van der Waals surface area (Å²) < 4.78 is 31.7. The Hall–Kier alpha value is -1.94. The van der Waals surface area contributed by atoms with E-state index < -0.39 is 0 Å². The molecule has 2 nitrogen and oxygen atoms in total. The smallest absolute Gasteiger partial charge is 0.130 e. The van der Waals surface area contributed by atoms with Crippen molar-refractivity contribution >= 4 is 0 Å². The molecule has 0 aromatic heterocycles. The number of hydrogen-bond acceptors (Lipinski definition) is 2. The second-order valence-electron chi connectivity index (χ2n) is 4.13. The van der Waals surface area contributed by atoms with Gasteiger partial charge in [-0.2, -0.15) is 0 Å². The van der Waals surface area contributed by atoms with Gasteiger partial charge in [-0.25, -0.2) is 8.78 Å². The van der Waals surface area contributed by atoms with Crippen molar-refractivity contribution in [3.05, 3.63) is 59.7 Å². The molecule has 0 saturated carbocycles. The van der Waals surface area contributed by atoms with Gasteiger partial charge < -0.3 is 10.1 Å². The first-order valence-corrected chi connectivity index (χ1v) is 6.11. The summed E-state index contributed by atoms with van der Waals surface area (Å²) in [5.41, 5.74) is 0.805. The van der Waals surface area contributed by atoms with Crippen molar-refractivity contribution in [2.24, 2.45) is 0 Å². The number of ether oxygens (including phenoxy) is 1. The monoisotopic (exact) mass is 263 g/mol. The minimum Gasteiger partial charge on any atom is -0.457 e. The third-order valence-corrected chi connectivity index (χ3v) is 2.56. The van der Waals surface area contributed by atoms with Crippen LogP contribution in [0.25, 0.3) is 0 Å². The number of nitrogens with one attached hydrogen (secondary N) is 1. The molecule has 0 amide bonds. The Labute approximate surface area is 111 Å². The van der Waals surface area contributed by atoms with Gasteiger partial charge in [-0.15, -0.1) is 0 Å². The van der Waals surface area contributed by atoms with E-state index in [1.54, 1.807) is 6.07 Å². The van der Waals surface area contributed by atoms with Gasteiger partial charge in [0, 0.05) is 12.6 Å². The Morgan fingerprint density at radius 2 is 1.68 bits per heavy atom. The Morgan fingerprint density at radius 1 is 0.947 bits per heavy atom. The molecule has 0 bridgehead atoms. The van der Waals surface area contributed by atoms with Crippen molar-refractivity contribution in [2.45, 2.75) is 13.5 Å². The zero-order valence-corrected chi connectivity index (χ0v) is 10.6. The number of benzene rings is 2. The lowest BCUT2D eigenvalue weighted by molar-refractivity contribution is 0.473. The highest BCUT2D eigenvalue weighted by molar-refractivity contribution is 5.34. The van der Waals surface area contributed by atoms with E-state index in [0.29, 0.717) is 18.0 Å². The summed E-state index contributed by atoms with van der Waals surface area (Å²) in [5, 5.41) is 3.12. The van der Waals surface area contributed by atoms with E-state index in [2.05, 4.69) is 5.32 Å². The fraction of sp³-hybridized carbons (Fsp3) is 0.200. The highest BCUT2D eigenvalue weighted by atomic mass is 19.1. The van der Waals surface area contributed by atoms with Crippen LogP contribution in [-0.4, -0.2) is 6.54 Å². The van der Waals surface area contributed by atoms with Crippen molar-refractivity contribution in [3.8, 4) is 11.5 Å². The van der Waals surface area contributed by atoms with E-state index in [9.17, 15) is 8.78 Å². The van der Waals surface area contributed by atoms with Crippen molar-refractivity contribution in [1.82, 2.24) is 5.32 Å². The summed E-state index contributed by atoms with van der Waals surface area (Å²) in [6, 6.07) is 10.1. The predicted octanol–water partition coefficient (Wildman–Crippen LogP) is 3.87. The van der Waals surface area contributed by atoms with Crippen molar-refractivity contribution in [2.75, 3.05) is 6.54 Å². The Kier molecular flexibility index (Phi) is 4.47.